The van der Waals surface area contributed by atoms with Gasteiger partial charge in [-0.25, -0.2) is 9.79 Å². The Kier molecular flexibility index (Phi) is 2.66. The molecule has 0 amide bonds. The van der Waals surface area contributed by atoms with Gasteiger partial charge >= 0.3 is 5.97 Å². The predicted molar refractivity (Wildman–Crippen MR) is 39.2 cm³/mol. The Labute approximate surface area is 64.5 Å². The zero-order valence-electron chi connectivity index (χ0n) is 6.24. The van der Waals surface area contributed by atoms with Crippen LogP contribution in [0.25, 0.3) is 0 Å². The lowest BCUT2D eigenvalue weighted by atomic mass is 10.4. The van der Waals surface area contributed by atoms with Gasteiger partial charge in [-0.15, -0.1) is 0 Å². The van der Waals surface area contributed by atoms with E-state index in [2.05, 4.69) is 4.99 Å². The van der Waals surface area contributed by atoms with Crippen molar-refractivity contribution in [2.75, 3.05) is 13.2 Å². The lowest BCUT2D eigenvalue weighted by Gasteiger charge is -2.06. The van der Waals surface area contributed by atoms with E-state index in [1.54, 1.807) is 6.92 Å². The fourth-order valence-electron chi connectivity index (χ4n) is 0.654. The number of hydrogen-bond donors (Lipinski definition) is 0. The number of ether oxygens (including phenoxy) is 2. The third-order valence-electron chi connectivity index (χ3n) is 1.12. The van der Waals surface area contributed by atoms with E-state index in [-0.39, 0.29) is 6.61 Å². The molecule has 0 aromatic rings. The Hall–Kier alpha value is -1.32. The minimum atomic E-state index is -0.406. The molecule has 0 atom stereocenters. The summed E-state index contributed by atoms with van der Waals surface area (Å²) in [6.45, 7) is 2.31. The van der Waals surface area contributed by atoms with Crippen molar-refractivity contribution in [1.82, 2.24) is 0 Å². The van der Waals surface area contributed by atoms with Gasteiger partial charge in [0.05, 0.1) is 12.8 Å². The Morgan fingerprint density at radius 1 is 1.91 bits per heavy atom. The van der Waals surface area contributed by atoms with Crippen LogP contribution in [0.1, 0.15) is 6.92 Å². The molecule has 0 aliphatic carbocycles. The monoisotopic (exact) mass is 155 g/mol. The molecule has 4 heteroatoms. The van der Waals surface area contributed by atoms with Gasteiger partial charge in [-0.1, -0.05) is 0 Å². The van der Waals surface area contributed by atoms with Crippen LogP contribution < -0.4 is 0 Å². The second-order valence-corrected chi connectivity index (χ2v) is 1.89. The van der Waals surface area contributed by atoms with Crippen LogP contribution in [0.15, 0.2) is 17.5 Å². The van der Waals surface area contributed by atoms with Gasteiger partial charge in [0.25, 0.3) is 0 Å². The third kappa shape index (κ3) is 2.07. The first-order valence-corrected chi connectivity index (χ1v) is 3.35. The van der Waals surface area contributed by atoms with E-state index in [1.165, 1.54) is 12.5 Å². The smallest absolute Gasteiger partial charge is 0.356 e. The van der Waals surface area contributed by atoms with Crippen LogP contribution in [-0.2, 0) is 14.3 Å². The molecule has 1 rings (SSSR count). The van der Waals surface area contributed by atoms with Crippen molar-refractivity contribution in [2.45, 2.75) is 6.92 Å². The Balaban J connectivity index is 2.52. The van der Waals surface area contributed by atoms with Gasteiger partial charge in [-0.2, -0.15) is 0 Å². The van der Waals surface area contributed by atoms with Crippen molar-refractivity contribution in [3.05, 3.63) is 12.5 Å². The van der Waals surface area contributed by atoms with Crippen LogP contribution in [0.4, 0.5) is 0 Å². The average molecular weight is 155 g/mol. The fourth-order valence-corrected chi connectivity index (χ4v) is 0.654. The van der Waals surface area contributed by atoms with Crippen LogP contribution >= 0.6 is 0 Å². The molecule has 0 radical (unpaired) electrons. The highest BCUT2D eigenvalue weighted by Crippen LogP contribution is 1.95. The first-order chi connectivity index (χ1) is 5.34. The Morgan fingerprint density at radius 2 is 2.73 bits per heavy atom. The van der Waals surface area contributed by atoms with Crippen molar-refractivity contribution in [2.24, 2.45) is 4.99 Å². The summed E-state index contributed by atoms with van der Waals surface area (Å²) < 4.78 is 9.54. The second-order valence-electron chi connectivity index (χ2n) is 1.89. The van der Waals surface area contributed by atoms with Gasteiger partial charge in [0, 0.05) is 0 Å². The Morgan fingerprint density at radius 3 is 3.27 bits per heavy atom. The molecule has 0 saturated heterocycles. The van der Waals surface area contributed by atoms with E-state index < -0.39 is 5.97 Å². The topological polar surface area (TPSA) is 47.9 Å². The van der Waals surface area contributed by atoms with Gasteiger partial charge in [0.1, 0.15) is 12.9 Å². The lowest BCUT2D eigenvalue weighted by Crippen LogP contribution is -2.22. The molecule has 0 N–H and O–H groups in total. The third-order valence-corrected chi connectivity index (χ3v) is 1.12. The molecule has 0 aromatic heterocycles. The number of carbonyl (C=O) groups excluding carboxylic acids is 1. The van der Waals surface area contributed by atoms with Crippen molar-refractivity contribution < 1.29 is 14.3 Å². The molecule has 0 bridgehead atoms. The van der Waals surface area contributed by atoms with E-state index in [9.17, 15) is 4.79 Å². The average Bonchev–Trinajstić information content (AvgIpc) is 2.07. The van der Waals surface area contributed by atoms with Crippen molar-refractivity contribution in [3.63, 3.8) is 0 Å². The van der Waals surface area contributed by atoms with Crippen molar-refractivity contribution >= 4 is 11.7 Å². The quantitative estimate of drug-likeness (QED) is 0.545. The normalized spacial score (nSPS) is 15.2. The number of aliphatic imine (C=N–C) groups is 1. The van der Waals surface area contributed by atoms with Crippen LogP contribution in [0.3, 0.4) is 0 Å². The molecular formula is C7H9NO3. The molecule has 0 saturated carbocycles. The highest BCUT2D eigenvalue weighted by Gasteiger charge is 2.13. The van der Waals surface area contributed by atoms with Gasteiger partial charge in [-0.3, -0.25) is 0 Å². The molecule has 0 spiro atoms. The minimum Gasteiger partial charge on any atom is -0.493 e. The van der Waals surface area contributed by atoms with Crippen LogP contribution in [0.2, 0.25) is 0 Å². The first kappa shape index (κ1) is 7.78. The summed E-state index contributed by atoms with van der Waals surface area (Å²) in [4.78, 5) is 14.7. The second kappa shape index (κ2) is 3.75. The van der Waals surface area contributed by atoms with E-state index in [4.69, 9.17) is 9.47 Å². The molecule has 0 unspecified atom stereocenters. The highest BCUT2D eigenvalue weighted by molar-refractivity contribution is 6.37. The molecular weight excluding hydrogens is 146 g/mol. The van der Waals surface area contributed by atoms with Gasteiger partial charge in [0.2, 0.25) is 0 Å². The largest absolute Gasteiger partial charge is 0.493 e. The summed E-state index contributed by atoms with van der Waals surface area (Å²) >= 11 is 0. The highest BCUT2D eigenvalue weighted by atomic mass is 16.5. The minimum absolute atomic E-state index is 0.204. The zero-order chi connectivity index (χ0) is 8.10. The van der Waals surface area contributed by atoms with E-state index >= 15 is 0 Å². The standard InChI is InChI=1S/C7H9NO3/c1-2-11-7(9)6-5-10-4-3-8-6/h3-4H,2,5H2,1H3. The zero-order valence-corrected chi connectivity index (χ0v) is 6.24. The molecule has 11 heavy (non-hydrogen) atoms. The lowest BCUT2D eigenvalue weighted by molar-refractivity contribution is -0.135. The first-order valence-electron chi connectivity index (χ1n) is 3.35. The fraction of sp³-hybridized carbons (Fsp3) is 0.429. The summed E-state index contributed by atoms with van der Waals surface area (Å²) in [5, 5.41) is 0. The van der Waals surface area contributed by atoms with Crippen LogP contribution in [-0.4, -0.2) is 24.9 Å². The molecule has 60 valence electrons. The maximum atomic E-state index is 10.9. The SMILES string of the molecule is CCOC(=O)C1=NC=COC1. The molecule has 1 heterocycles. The summed E-state index contributed by atoms with van der Waals surface area (Å²) in [6, 6.07) is 0. The summed E-state index contributed by atoms with van der Waals surface area (Å²) in [7, 11) is 0. The number of hydrogen-bond acceptors (Lipinski definition) is 4. The van der Waals surface area contributed by atoms with E-state index in [0.29, 0.717) is 12.3 Å². The number of esters is 1. The van der Waals surface area contributed by atoms with Crippen LogP contribution in [0, 0.1) is 0 Å². The number of rotatable bonds is 2. The summed E-state index contributed by atoms with van der Waals surface area (Å²) in [5.74, 6) is -0.406. The van der Waals surface area contributed by atoms with Crippen molar-refractivity contribution in [3.8, 4) is 0 Å². The molecule has 0 fully saturated rings. The maximum absolute atomic E-state index is 10.9. The molecule has 1 aliphatic heterocycles. The van der Waals surface area contributed by atoms with Gasteiger partial charge < -0.3 is 9.47 Å². The van der Waals surface area contributed by atoms with Gasteiger partial charge in [-0.05, 0) is 6.92 Å². The van der Waals surface area contributed by atoms with Crippen molar-refractivity contribution in [1.29, 1.82) is 0 Å². The van der Waals surface area contributed by atoms with E-state index in [1.807, 2.05) is 0 Å². The van der Waals surface area contributed by atoms with Gasteiger partial charge in [0.15, 0.2) is 5.71 Å². The van der Waals surface area contributed by atoms with Crippen LogP contribution in [0.5, 0.6) is 0 Å². The number of carbonyl (C=O) groups is 1. The summed E-state index contributed by atoms with van der Waals surface area (Å²) in [6.07, 6.45) is 2.86. The molecule has 1 aliphatic rings. The Bertz CT molecular complexity index is 208. The summed E-state index contributed by atoms with van der Waals surface area (Å²) in [5.41, 5.74) is 0.314. The molecule has 0 aromatic carbocycles. The molecule has 4 nitrogen and oxygen atoms in total. The van der Waals surface area contributed by atoms with E-state index in [0.717, 1.165) is 0 Å². The number of nitrogens with zero attached hydrogens (tertiary/aromatic N) is 1. The maximum Gasteiger partial charge on any atom is 0.356 e. The predicted octanol–water partition coefficient (Wildman–Crippen LogP) is 0.492.